The molecule has 0 atom stereocenters. The summed E-state index contributed by atoms with van der Waals surface area (Å²) in [6, 6.07) is 2.56. The van der Waals surface area contributed by atoms with Crippen LogP contribution >= 0.6 is 11.3 Å². The molecule has 90 valence electrons. The van der Waals surface area contributed by atoms with Crippen molar-refractivity contribution >= 4 is 27.4 Å². The number of esters is 1. The molecular weight excluding hydrogens is 247 g/mol. The molecule has 2 aromatic rings. The van der Waals surface area contributed by atoms with Gasteiger partial charge in [0.2, 0.25) is 0 Å². The van der Waals surface area contributed by atoms with Gasteiger partial charge in [0.25, 0.3) is 0 Å². The third kappa shape index (κ3) is 1.80. The van der Waals surface area contributed by atoms with Crippen LogP contribution in [0.15, 0.2) is 12.1 Å². The van der Waals surface area contributed by atoms with E-state index in [1.165, 1.54) is 26.4 Å². The lowest BCUT2D eigenvalue weighted by Gasteiger charge is -2.01. The SMILES string of the molecule is COC(=O)c1sc2cc(F)c(OC)cc2c1O. The van der Waals surface area contributed by atoms with Crippen molar-refractivity contribution in [1.82, 2.24) is 0 Å². The Balaban J connectivity index is 2.70. The van der Waals surface area contributed by atoms with E-state index in [2.05, 4.69) is 4.74 Å². The Kier molecular flexibility index (Phi) is 2.89. The van der Waals surface area contributed by atoms with Gasteiger partial charge in [-0.15, -0.1) is 11.3 Å². The van der Waals surface area contributed by atoms with E-state index in [1.807, 2.05) is 0 Å². The lowest BCUT2D eigenvalue weighted by molar-refractivity contribution is 0.0603. The minimum atomic E-state index is -0.650. The number of methoxy groups -OCH3 is 2. The lowest BCUT2D eigenvalue weighted by atomic mass is 10.2. The number of halogens is 1. The van der Waals surface area contributed by atoms with Crippen LogP contribution in [0.5, 0.6) is 11.5 Å². The van der Waals surface area contributed by atoms with Gasteiger partial charge in [-0.1, -0.05) is 0 Å². The van der Waals surface area contributed by atoms with Crippen molar-refractivity contribution in [2.24, 2.45) is 0 Å². The first-order valence-corrected chi connectivity index (χ1v) is 5.47. The molecule has 1 aromatic heterocycles. The van der Waals surface area contributed by atoms with Gasteiger partial charge in [0.1, 0.15) is 5.75 Å². The van der Waals surface area contributed by atoms with Crippen LogP contribution in [0.1, 0.15) is 9.67 Å². The van der Waals surface area contributed by atoms with Gasteiger partial charge >= 0.3 is 5.97 Å². The second-order valence-corrected chi connectivity index (χ2v) is 4.31. The Morgan fingerprint density at radius 1 is 1.41 bits per heavy atom. The molecule has 17 heavy (non-hydrogen) atoms. The highest BCUT2D eigenvalue weighted by molar-refractivity contribution is 7.21. The van der Waals surface area contributed by atoms with Gasteiger partial charge in [0.15, 0.2) is 16.4 Å². The Bertz CT molecular complexity index is 591. The van der Waals surface area contributed by atoms with Crippen molar-refractivity contribution in [3.05, 3.63) is 22.8 Å². The van der Waals surface area contributed by atoms with Crippen LogP contribution in [-0.4, -0.2) is 25.3 Å². The largest absolute Gasteiger partial charge is 0.505 e. The molecule has 0 aliphatic rings. The zero-order chi connectivity index (χ0) is 12.6. The third-order valence-electron chi connectivity index (χ3n) is 2.31. The van der Waals surface area contributed by atoms with Crippen molar-refractivity contribution in [3.8, 4) is 11.5 Å². The average molecular weight is 256 g/mol. The summed E-state index contributed by atoms with van der Waals surface area (Å²) in [5.41, 5.74) is 0. The zero-order valence-electron chi connectivity index (χ0n) is 9.11. The smallest absolute Gasteiger partial charge is 0.351 e. The standard InChI is InChI=1S/C11H9FO4S/c1-15-7-3-5-8(4-6(7)12)17-10(9(5)13)11(14)16-2/h3-4,13H,1-2H3. The summed E-state index contributed by atoms with van der Waals surface area (Å²) in [5.74, 6) is -1.39. The summed E-state index contributed by atoms with van der Waals surface area (Å²) >= 11 is 0.970. The summed E-state index contributed by atoms with van der Waals surface area (Å²) in [7, 11) is 2.54. The van der Waals surface area contributed by atoms with Crippen molar-refractivity contribution in [3.63, 3.8) is 0 Å². The Labute approximate surface area is 100 Å². The molecule has 1 aromatic carbocycles. The second kappa shape index (κ2) is 4.21. The van der Waals surface area contributed by atoms with E-state index in [0.717, 1.165) is 11.3 Å². The molecule has 0 bridgehead atoms. The fraction of sp³-hybridized carbons (Fsp3) is 0.182. The number of benzene rings is 1. The summed E-state index contributed by atoms with van der Waals surface area (Å²) < 4.78 is 23.2. The van der Waals surface area contributed by atoms with Gasteiger partial charge in [0.05, 0.1) is 14.2 Å². The number of fused-ring (bicyclic) bond motifs is 1. The number of thiophene rings is 1. The van der Waals surface area contributed by atoms with Crippen molar-refractivity contribution in [2.75, 3.05) is 14.2 Å². The van der Waals surface area contributed by atoms with Crippen LogP contribution in [0, 0.1) is 5.82 Å². The molecule has 0 aliphatic carbocycles. The van der Waals surface area contributed by atoms with Gasteiger partial charge in [0, 0.05) is 10.1 Å². The van der Waals surface area contributed by atoms with E-state index in [0.29, 0.717) is 10.1 Å². The van der Waals surface area contributed by atoms with Crippen molar-refractivity contribution < 1.29 is 23.8 Å². The maximum atomic E-state index is 13.4. The minimum absolute atomic E-state index is 0.0158. The highest BCUT2D eigenvalue weighted by atomic mass is 32.1. The molecule has 0 aliphatic heterocycles. The van der Waals surface area contributed by atoms with Crippen LogP contribution in [0.25, 0.3) is 10.1 Å². The maximum Gasteiger partial charge on any atom is 0.351 e. The monoisotopic (exact) mass is 256 g/mol. The molecule has 6 heteroatoms. The number of ether oxygens (including phenoxy) is 2. The van der Waals surface area contributed by atoms with E-state index in [1.54, 1.807) is 0 Å². The number of rotatable bonds is 2. The molecule has 0 saturated carbocycles. The predicted octanol–water partition coefficient (Wildman–Crippen LogP) is 2.54. The van der Waals surface area contributed by atoms with E-state index in [4.69, 9.17) is 4.74 Å². The van der Waals surface area contributed by atoms with E-state index >= 15 is 0 Å². The molecular formula is C11H9FO4S. The molecule has 4 nitrogen and oxygen atoms in total. The molecule has 0 radical (unpaired) electrons. The first-order chi connectivity index (χ1) is 8.08. The molecule has 1 heterocycles. The predicted molar refractivity (Wildman–Crippen MR) is 61.3 cm³/mol. The summed E-state index contributed by atoms with van der Waals surface area (Å²) in [4.78, 5) is 11.4. The first kappa shape index (κ1) is 11.7. The van der Waals surface area contributed by atoms with Gasteiger partial charge in [-0.25, -0.2) is 9.18 Å². The summed E-state index contributed by atoms with van der Waals surface area (Å²) in [6.45, 7) is 0. The van der Waals surface area contributed by atoms with Gasteiger partial charge < -0.3 is 14.6 Å². The van der Waals surface area contributed by atoms with E-state index < -0.39 is 11.8 Å². The van der Waals surface area contributed by atoms with Gasteiger partial charge in [-0.3, -0.25) is 0 Å². The molecule has 2 rings (SSSR count). The number of aromatic hydroxyl groups is 1. The van der Waals surface area contributed by atoms with Crippen LogP contribution in [0.3, 0.4) is 0 Å². The highest BCUT2D eigenvalue weighted by Crippen LogP contribution is 2.40. The minimum Gasteiger partial charge on any atom is -0.505 e. The number of carbonyl (C=O) groups excluding carboxylic acids is 1. The molecule has 1 N–H and O–H groups in total. The fourth-order valence-electron chi connectivity index (χ4n) is 1.47. The van der Waals surface area contributed by atoms with Crippen molar-refractivity contribution in [1.29, 1.82) is 0 Å². The van der Waals surface area contributed by atoms with Crippen LogP contribution < -0.4 is 4.74 Å². The van der Waals surface area contributed by atoms with Crippen LogP contribution in [0.2, 0.25) is 0 Å². The third-order valence-corrected chi connectivity index (χ3v) is 3.43. The Morgan fingerprint density at radius 2 is 2.12 bits per heavy atom. The van der Waals surface area contributed by atoms with E-state index in [9.17, 15) is 14.3 Å². The van der Waals surface area contributed by atoms with Crippen LogP contribution in [0.4, 0.5) is 4.39 Å². The molecule has 0 saturated heterocycles. The Morgan fingerprint density at radius 3 is 2.71 bits per heavy atom. The fourth-order valence-corrected chi connectivity index (χ4v) is 2.49. The Hall–Kier alpha value is -1.82. The normalized spacial score (nSPS) is 10.5. The summed E-state index contributed by atoms with van der Waals surface area (Å²) in [5, 5.41) is 10.2. The molecule has 0 amide bonds. The summed E-state index contributed by atoms with van der Waals surface area (Å²) in [6.07, 6.45) is 0. The first-order valence-electron chi connectivity index (χ1n) is 4.65. The van der Waals surface area contributed by atoms with Gasteiger partial charge in [-0.05, 0) is 12.1 Å². The topological polar surface area (TPSA) is 55.8 Å². The van der Waals surface area contributed by atoms with Crippen molar-refractivity contribution in [2.45, 2.75) is 0 Å². The lowest BCUT2D eigenvalue weighted by Crippen LogP contribution is -1.97. The average Bonchev–Trinajstić information content (AvgIpc) is 2.64. The maximum absolute atomic E-state index is 13.4. The molecule has 0 unspecified atom stereocenters. The number of carbonyl (C=O) groups is 1. The highest BCUT2D eigenvalue weighted by Gasteiger charge is 2.20. The number of hydrogen-bond acceptors (Lipinski definition) is 5. The second-order valence-electron chi connectivity index (χ2n) is 3.25. The van der Waals surface area contributed by atoms with Crippen LogP contribution in [-0.2, 0) is 4.74 Å². The molecule has 0 fully saturated rings. The zero-order valence-corrected chi connectivity index (χ0v) is 9.93. The molecule has 0 spiro atoms. The number of hydrogen-bond donors (Lipinski definition) is 1. The quantitative estimate of drug-likeness (QED) is 0.839. The van der Waals surface area contributed by atoms with E-state index in [-0.39, 0.29) is 16.4 Å². The van der Waals surface area contributed by atoms with Gasteiger partial charge in [-0.2, -0.15) is 0 Å².